The van der Waals surface area contributed by atoms with Gasteiger partial charge in [-0.1, -0.05) is 28.3 Å². The van der Waals surface area contributed by atoms with Gasteiger partial charge in [0, 0.05) is 15.5 Å². The number of benzene rings is 2. The van der Waals surface area contributed by atoms with Gasteiger partial charge in [0.25, 0.3) is 5.91 Å². The van der Waals surface area contributed by atoms with Gasteiger partial charge in [-0.15, -0.1) is 16.9 Å². The molecule has 0 unspecified atom stereocenters. The van der Waals surface area contributed by atoms with Crippen molar-refractivity contribution in [1.29, 1.82) is 0 Å². The van der Waals surface area contributed by atoms with E-state index in [0.29, 0.717) is 10.9 Å². The summed E-state index contributed by atoms with van der Waals surface area (Å²) in [5, 5.41) is 11.0. The molecule has 0 radical (unpaired) electrons. The van der Waals surface area contributed by atoms with E-state index in [4.69, 9.17) is 27.6 Å². The topological polar surface area (TPSA) is 68.0 Å². The first-order chi connectivity index (χ1) is 11.6. The van der Waals surface area contributed by atoms with Crippen molar-refractivity contribution < 1.29 is 9.21 Å². The predicted molar refractivity (Wildman–Crippen MR) is 95.9 cm³/mol. The van der Waals surface area contributed by atoms with Crippen molar-refractivity contribution in [2.45, 2.75) is 4.90 Å². The number of aromatic nitrogens is 2. The van der Waals surface area contributed by atoms with Crippen molar-refractivity contribution in [2.24, 2.45) is 0 Å². The van der Waals surface area contributed by atoms with Crippen LogP contribution >= 0.6 is 35.0 Å². The molecule has 122 valence electrons. The highest BCUT2D eigenvalue weighted by Crippen LogP contribution is 2.25. The SMILES string of the molecule is CSc1ccc(-c2nnc(NC(=O)c3cc(Cl)ccc3Cl)o2)cc1. The van der Waals surface area contributed by atoms with Crippen molar-refractivity contribution in [2.75, 3.05) is 11.6 Å². The Labute approximate surface area is 152 Å². The lowest BCUT2D eigenvalue weighted by Gasteiger charge is -2.03. The fraction of sp³-hybridized carbons (Fsp3) is 0.0625. The molecule has 3 aromatic rings. The van der Waals surface area contributed by atoms with E-state index in [-0.39, 0.29) is 16.6 Å². The number of halogens is 2. The summed E-state index contributed by atoms with van der Waals surface area (Å²) in [6.45, 7) is 0. The molecular formula is C16H11Cl2N3O2S. The minimum atomic E-state index is -0.476. The summed E-state index contributed by atoms with van der Waals surface area (Å²) in [7, 11) is 0. The Morgan fingerprint density at radius 3 is 2.58 bits per heavy atom. The van der Waals surface area contributed by atoms with E-state index in [2.05, 4.69) is 15.5 Å². The zero-order chi connectivity index (χ0) is 17.1. The van der Waals surface area contributed by atoms with Gasteiger partial charge in [0.15, 0.2) is 0 Å². The smallest absolute Gasteiger partial charge is 0.322 e. The molecule has 0 aliphatic rings. The summed E-state index contributed by atoms with van der Waals surface area (Å²) < 4.78 is 5.47. The molecule has 0 bridgehead atoms. The second kappa shape index (κ2) is 7.25. The molecule has 2 aromatic carbocycles. The second-order valence-corrected chi connectivity index (χ2v) is 6.44. The molecule has 0 fully saturated rings. The predicted octanol–water partition coefficient (Wildman–Crippen LogP) is 5.02. The van der Waals surface area contributed by atoms with Crippen LogP contribution in [-0.4, -0.2) is 22.4 Å². The number of rotatable bonds is 4. The quantitative estimate of drug-likeness (QED) is 0.644. The Hall–Kier alpha value is -2.02. The largest absolute Gasteiger partial charge is 0.403 e. The van der Waals surface area contributed by atoms with Gasteiger partial charge in [-0.25, -0.2) is 0 Å². The molecule has 1 N–H and O–H groups in total. The number of nitrogens with zero attached hydrogens (tertiary/aromatic N) is 2. The third-order valence-corrected chi connectivity index (χ3v) is 4.46. The van der Waals surface area contributed by atoms with Crippen molar-refractivity contribution in [3.8, 4) is 11.5 Å². The van der Waals surface area contributed by atoms with Crippen molar-refractivity contribution in [1.82, 2.24) is 10.2 Å². The number of amides is 1. The Balaban J connectivity index is 1.78. The van der Waals surface area contributed by atoms with E-state index in [9.17, 15) is 4.79 Å². The first-order valence-corrected chi connectivity index (χ1v) is 8.79. The second-order valence-electron chi connectivity index (χ2n) is 4.72. The standard InChI is InChI=1S/C16H11Cl2N3O2S/c1-24-11-5-2-9(3-6-11)15-20-21-16(23-15)19-14(22)12-8-10(17)4-7-13(12)18/h2-8H,1H3,(H,19,21,22). The maximum atomic E-state index is 12.2. The number of carbonyl (C=O) groups is 1. The van der Waals surface area contributed by atoms with Gasteiger partial charge in [-0.05, 0) is 48.7 Å². The molecule has 1 heterocycles. The highest BCUT2D eigenvalue weighted by Gasteiger charge is 2.15. The molecule has 8 heteroatoms. The van der Waals surface area contributed by atoms with Gasteiger partial charge in [0.05, 0.1) is 10.6 Å². The van der Waals surface area contributed by atoms with E-state index in [0.717, 1.165) is 10.5 Å². The van der Waals surface area contributed by atoms with Gasteiger partial charge in [-0.2, -0.15) is 0 Å². The van der Waals surface area contributed by atoms with Gasteiger partial charge in [0.1, 0.15) is 0 Å². The number of anilines is 1. The van der Waals surface area contributed by atoms with Crippen molar-refractivity contribution in [3.63, 3.8) is 0 Å². The van der Waals surface area contributed by atoms with Gasteiger partial charge < -0.3 is 4.42 Å². The minimum absolute atomic E-state index is 0.0139. The third kappa shape index (κ3) is 3.72. The number of hydrogen-bond acceptors (Lipinski definition) is 5. The van der Waals surface area contributed by atoms with Crippen LogP contribution in [0.15, 0.2) is 51.8 Å². The van der Waals surface area contributed by atoms with Crippen LogP contribution < -0.4 is 5.32 Å². The van der Waals surface area contributed by atoms with Gasteiger partial charge >= 0.3 is 6.01 Å². The Morgan fingerprint density at radius 1 is 1.12 bits per heavy atom. The molecule has 1 amide bonds. The van der Waals surface area contributed by atoms with Crippen LogP contribution in [0.4, 0.5) is 6.01 Å². The molecule has 24 heavy (non-hydrogen) atoms. The summed E-state index contributed by atoms with van der Waals surface area (Å²) >= 11 is 13.5. The highest BCUT2D eigenvalue weighted by atomic mass is 35.5. The third-order valence-electron chi connectivity index (χ3n) is 3.16. The summed E-state index contributed by atoms with van der Waals surface area (Å²) in [6.07, 6.45) is 2.00. The molecule has 3 rings (SSSR count). The van der Waals surface area contributed by atoms with E-state index < -0.39 is 5.91 Å². The average Bonchev–Trinajstić information content (AvgIpc) is 3.05. The molecule has 0 aliphatic heterocycles. The van der Waals surface area contributed by atoms with E-state index in [1.807, 2.05) is 30.5 Å². The first-order valence-electron chi connectivity index (χ1n) is 6.81. The number of nitrogens with one attached hydrogen (secondary N) is 1. The Morgan fingerprint density at radius 2 is 1.88 bits per heavy atom. The van der Waals surface area contributed by atoms with E-state index >= 15 is 0 Å². The average molecular weight is 380 g/mol. The molecule has 0 saturated heterocycles. The number of carbonyl (C=O) groups excluding carboxylic acids is 1. The van der Waals surface area contributed by atoms with Crippen LogP contribution in [0, 0.1) is 0 Å². The van der Waals surface area contributed by atoms with E-state index in [1.165, 1.54) is 6.07 Å². The van der Waals surface area contributed by atoms with Crippen LogP contribution in [0.2, 0.25) is 10.0 Å². The Kier molecular flexibility index (Phi) is 5.08. The van der Waals surface area contributed by atoms with E-state index in [1.54, 1.807) is 23.9 Å². The van der Waals surface area contributed by atoms with Gasteiger partial charge in [-0.3, -0.25) is 10.1 Å². The van der Waals surface area contributed by atoms with Crippen molar-refractivity contribution in [3.05, 3.63) is 58.1 Å². The van der Waals surface area contributed by atoms with Crippen LogP contribution in [0.1, 0.15) is 10.4 Å². The summed E-state index contributed by atoms with van der Waals surface area (Å²) in [5.74, 6) is -0.162. The van der Waals surface area contributed by atoms with Crippen LogP contribution in [0.3, 0.4) is 0 Å². The lowest BCUT2D eigenvalue weighted by atomic mass is 10.2. The number of thioether (sulfide) groups is 1. The zero-order valence-electron chi connectivity index (χ0n) is 12.4. The fourth-order valence-corrected chi connectivity index (χ4v) is 2.74. The van der Waals surface area contributed by atoms with Crippen LogP contribution in [0.5, 0.6) is 0 Å². The lowest BCUT2D eigenvalue weighted by molar-refractivity contribution is 0.102. The van der Waals surface area contributed by atoms with Crippen molar-refractivity contribution >= 4 is 46.9 Å². The molecule has 5 nitrogen and oxygen atoms in total. The minimum Gasteiger partial charge on any atom is -0.403 e. The van der Waals surface area contributed by atoms with Crippen LogP contribution in [-0.2, 0) is 0 Å². The first kappa shape index (κ1) is 16.8. The number of hydrogen-bond donors (Lipinski definition) is 1. The normalized spacial score (nSPS) is 10.6. The molecule has 0 spiro atoms. The maximum Gasteiger partial charge on any atom is 0.322 e. The van der Waals surface area contributed by atoms with Crippen LogP contribution in [0.25, 0.3) is 11.5 Å². The summed E-state index contributed by atoms with van der Waals surface area (Å²) in [6, 6.07) is 12.3. The summed E-state index contributed by atoms with van der Waals surface area (Å²) in [4.78, 5) is 13.4. The lowest BCUT2D eigenvalue weighted by Crippen LogP contribution is -2.12. The molecule has 0 atom stereocenters. The fourth-order valence-electron chi connectivity index (χ4n) is 1.96. The zero-order valence-corrected chi connectivity index (χ0v) is 14.7. The van der Waals surface area contributed by atoms with Gasteiger partial charge in [0.2, 0.25) is 5.89 Å². The monoisotopic (exact) mass is 379 g/mol. The highest BCUT2D eigenvalue weighted by molar-refractivity contribution is 7.98. The molecule has 0 aliphatic carbocycles. The molecular weight excluding hydrogens is 369 g/mol. The summed E-state index contributed by atoms with van der Waals surface area (Å²) in [5.41, 5.74) is 0.995. The molecule has 1 aromatic heterocycles. The maximum absolute atomic E-state index is 12.2. The Bertz CT molecular complexity index is 881. The molecule has 0 saturated carbocycles.